The lowest BCUT2D eigenvalue weighted by molar-refractivity contribution is 0.102. The van der Waals surface area contributed by atoms with Crippen molar-refractivity contribution in [2.24, 2.45) is 0 Å². The van der Waals surface area contributed by atoms with Crippen LogP contribution >= 0.6 is 0 Å². The number of nitrogens with one attached hydrogen (secondary N) is 1. The molecule has 1 saturated heterocycles. The fourth-order valence-electron chi connectivity index (χ4n) is 4.34. The van der Waals surface area contributed by atoms with Crippen molar-refractivity contribution >= 4 is 34.0 Å². The van der Waals surface area contributed by atoms with Gasteiger partial charge >= 0.3 is 0 Å². The first-order valence-corrected chi connectivity index (χ1v) is 11.6. The highest BCUT2D eigenvalue weighted by Gasteiger charge is 2.22. The molecule has 0 radical (unpaired) electrons. The SMILES string of the molecule is CCOc1ccccc1NC(=O)c1cnc(N2CCN(c3ccccn3)CC2)c2ccccc12. The molecule has 0 unspecified atom stereocenters. The summed E-state index contributed by atoms with van der Waals surface area (Å²) in [5.74, 6) is 2.35. The Morgan fingerprint density at radius 3 is 2.35 bits per heavy atom. The Bertz CT molecular complexity index is 1290. The first-order valence-electron chi connectivity index (χ1n) is 11.6. The van der Waals surface area contributed by atoms with Gasteiger partial charge in [-0.05, 0) is 36.6 Å². The summed E-state index contributed by atoms with van der Waals surface area (Å²) in [6.45, 7) is 5.85. The number of pyridine rings is 2. The number of anilines is 3. The lowest BCUT2D eigenvalue weighted by Crippen LogP contribution is -2.47. The van der Waals surface area contributed by atoms with Gasteiger partial charge in [-0.15, -0.1) is 0 Å². The van der Waals surface area contributed by atoms with Gasteiger partial charge in [0.25, 0.3) is 5.91 Å². The minimum Gasteiger partial charge on any atom is -0.492 e. The number of rotatable bonds is 6. The number of hydrogen-bond acceptors (Lipinski definition) is 6. The molecule has 0 bridgehead atoms. The number of carbonyl (C=O) groups is 1. The fraction of sp³-hybridized carbons (Fsp3) is 0.222. The highest BCUT2D eigenvalue weighted by Crippen LogP contribution is 2.30. The molecule has 7 heteroatoms. The number of piperazine rings is 1. The summed E-state index contributed by atoms with van der Waals surface area (Å²) in [5, 5.41) is 4.85. The lowest BCUT2D eigenvalue weighted by Gasteiger charge is -2.36. The number of ether oxygens (including phenoxy) is 1. The number of carbonyl (C=O) groups excluding carboxylic acids is 1. The molecule has 1 amide bonds. The van der Waals surface area contributed by atoms with E-state index in [0.717, 1.165) is 48.6 Å². The molecule has 5 rings (SSSR count). The normalized spacial score (nSPS) is 13.7. The van der Waals surface area contributed by atoms with E-state index in [0.29, 0.717) is 23.6 Å². The Balaban J connectivity index is 1.39. The molecular formula is C27H27N5O2. The smallest absolute Gasteiger partial charge is 0.257 e. The van der Waals surface area contributed by atoms with Crippen LogP contribution in [0.25, 0.3) is 10.8 Å². The van der Waals surface area contributed by atoms with Gasteiger partial charge in [0.2, 0.25) is 0 Å². The number of hydrogen-bond donors (Lipinski definition) is 1. The van der Waals surface area contributed by atoms with Crippen molar-refractivity contribution in [2.75, 3.05) is 47.9 Å². The highest BCUT2D eigenvalue weighted by molar-refractivity contribution is 6.14. The van der Waals surface area contributed by atoms with Crippen molar-refractivity contribution in [3.63, 3.8) is 0 Å². The quantitative estimate of drug-likeness (QED) is 0.460. The van der Waals surface area contributed by atoms with Gasteiger partial charge in [-0.3, -0.25) is 4.79 Å². The third-order valence-corrected chi connectivity index (χ3v) is 6.01. The highest BCUT2D eigenvalue weighted by atomic mass is 16.5. The summed E-state index contributed by atoms with van der Waals surface area (Å²) in [4.78, 5) is 27.0. The molecule has 2 aromatic heterocycles. The summed E-state index contributed by atoms with van der Waals surface area (Å²) in [7, 11) is 0. The lowest BCUT2D eigenvalue weighted by atomic mass is 10.1. The van der Waals surface area contributed by atoms with Crippen LogP contribution in [-0.4, -0.2) is 48.7 Å². The zero-order valence-corrected chi connectivity index (χ0v) is 19.1. The van der Waals surface area contributed by atoms with E-state index in [1.807, 2.05) is 79.9 Å². The maximum absolute atomic E-state index is 13.2. The predicted octanol–water partition coefficient (Wildman–Crippen LogP) is 4.61. The second kappa shape index (κ2) is 9.79. The molecule has 4 aromatic rings. The third-order valence-electron chi connectivity index (χ3n) is 6.01. The van der Waals surface area contributed by atoms with E-state index >= 15 is 0 Å². The Morgan fingerprint density at radius 1 is 0.882 bits per heavy atom. The molecule has 0 atom stereocenters. The molecular weight excluding hydrogens is 426 g/mol. The Hall–Kier alpha value is -4.13. The van der Waals surface area contributed by atoms with Crippen LogP contribution < -0.4 is 19.9 Å². The standard InChI is InChI=1S/C27H27N5O2/c1-2-34-24-12-6-5-11-23(24)30-27(33)22-19-29-26(21-10-4-3-9-20(21)22)32-17-15-31(16-18-32)25-13-7-8-14-28-25/h3-14,19H,2,15-18H2,1H3,(H,30,33). The fourth-order valence-corrected chi connectivity index (χ4v) is 4.34. The molecule has 1 aliphatic heterocycles. The first-order chi connectivity index (χ1) is 16.7. The molecule has 7 nitrogen and oxygen atoms in total. The number of amides is 1. The molecule has 2 aromatic carbocycles. The van der Waals surface area contributed by atoms with Crippen LogP contribution in [0.1, 0.15) is 17.3 Å². The second-order valence-electron chi connectivity index (χ2n) is 8.09. The minimum atomic E-state index is -0.206. The summed E-state index contributed by atoms with van der Waals surface area (Å²) in [6.07, 6.45) is 3.51. The molecule has 1 aliphatic rings. The topological polar surface area (TPSA) is 70.6 Å². The van der Waals surface area contributed by atoms with E-state index in [2.05, 4.69) is 20.1 Å². The zero-order valence-electron chi connectivity index (χ0n) is 19.1. The van der Waals surface area contributed by atoms with Crippen LogP contribution in [0.4, 0.5) is 17.3 Å². The van der Waals surface area contributed by atoms with Crippen LogP contribution in [-0.2, 0) is 0 Å². The van der Waals surface area contributed by atoms with Gasteiger partial charge in [-0.25, -0.2) is 9.97 Å². The van der Waals surface area contributed by atoms with E-state index in [-0.39, 0.29) is 5.91 Å². The van der Waals surface area contributed by atoms with Gasteiger partial charge in [0.05, 0.1) is 17.9 Å². The van der Waals surface area contributed by atoms with Gasteiger partial charge in [-0.1, -0.05) is 42.5 Å². The van der Waals surface area contributed by atoms with Crippen molar-refractivity contribution in [2.45, 2.75) is 6.92 Å². The monoisotopic (exact) mass is 453 g/mol. The summed E-state index contributed by atoms with van der Waals surface area (Å²) in [6, 6.07) is 21.4. The van der Waals surface area contributed by atoms with Gasteiger partial charge in [0.1, 0.15) is 17.4 Å². The summed E-state index contributed by atoms with van der Waals surface area (Å²) >= 11 is 0. The van der Waals surface area contributed by atoms with Gasteiger partial charge in [-0.2, -0.15) is 0 Å². The minimum absolute atomic E-state index is 0.206. The van der Waals surface area contributed by atoms with Gasteiger partial charge in [0, 0.05) is 44.0 Å². The summed E-state index contributed by atoms with van der Waals surface area (Å²) in [5.41, 5.74) is 1.19. The zero-order chi connectivity index (χ0) is 23.3. The van der Waals surface area contributed by atoms with Crippen molar-refractivity contribution in [3.05, 3.63) is 84.7 Å². The number of nitrogens with zero attached hydrogens (tertiary/aromatic N) is 4. The molecule has 3 heterocycles. The van der Waals surface area contributed by atoms with Crippen LogP contribution in [0.15, 0.2) is 79.1 Å². The maximum Gasteiger partial charge on any atom is 0.257 e. The van der Waals surface area contributed by atoms with E-state index in [4.69, 9.17) is 9.72 Å². The van der Waals surface area contributed by atoms with Gasteiger partial charge < -0.3 is 19.9 Å². The average molecular weight is 454 g/mol. The predicted molar refractivity (Wildman–Crippen MR) is 136 cm³/mol. The van der Waals surface area contributed by atoms with Crippen molar-refractivity contribution in [1.82, 2.24) is 9.97 Å². The van der Waals surface area contributed by atoms with Crippen molar-refractivity contribution < 1.29 is 9.53 Å². The molecule has 0 spiro atoms. The Kier molecular flexibility index (Phi) is 6.25. The molecule has 0 saturated carbocycles. The molecule has 1 fully saturated rings. The summed E-state index contributed by atoms with van der Waals surface area (Å²) < 4.78 is 5.65. The first kappa shape index (κ1) is 21.7. The Labute approximate surface area is 199 Å². The molecule has 172 valence electrons. The van der Waals surface area contributed by atoms with Crippen molar-refractivity contribution in [1.29, 1.82) is 0 Å². The number of fused-ring (bicyclic) bond motifs is 1. The molecule has 34 heavy (non-hydrogen) atoms. The number of aromatic nitrogens is 2. The number of benzene rings is 2. The van der Waals surface area contributed by atoms with Crippen molar-refractivity contribution in [3.8, 4) is 5.75 Å². The molecule has 0 aliphatic carbocycles. The van der Waals surface area contributed by atoms with Crippen LogP contribution in [0.3, 0.4) is 0 Å². The third kappa shape index (κ3) is 4.37. The second-order valence-corrected chi connectivity index (χ2v) is 8.09. The van der Waals surface area contributed by atoms with Crippen LogP contribution in [0, 0.1) is 0 Å². The van der Waals surface area contributed by atoms with Gasteiger partial charge in [0.15, 0.2) is 0 Å². The van der Waals surface area contributed by atoms with E-state index in [9.17, 15) is 4.79 Å². The molecule has 1 N–H and O–H groups in total. The van der Waals surface area contributed by atoms with Crippen LogP contribution in [0.5, 0.6) is 5.75 Å². The van der Waals surface area contributed by atoms with E-state index in [1.165, 1.54) is 0 Å². The number of para-hydroxylation sites is 2. The maximum atomic E-state index is 13.2. The average Bonchev–Trinajstić information content (AvgIpc) is 2.90. The van der Waals surface area contributed by atoms with E-state index in [1.54, 1.807) is 6.20 Å². The largest absolute Gasteiger partial charge is 0.492 e. The Morgan fingerprint density at radius 2 is 1.59 bits per heavy atom. The van der Waals surface area contributed by atoms with E-state index < -0.39 is 0 Å². The van der Waals surface area contributed by atoms with Crippen LogP contribution in [0.2, 0.25) is 0 Å².